The Kier molecular flexibility index (Phi) is 10.3. The second-order valence-corrected chi connectivity index (χ2v) is 11.4. The third kappa shape index (κ3) is 7.72. The van der Waals surface area contributed by atoms with Crippen LogP contribution in [0.1, 0.15) is 26.3 Å². The molecule has 0 saturated carbocycles. The van der Waals surface area contributed by atoms with Gasteiger partial charge in [-0.15, -0.1) is 0 Å². The smallest absolute Gasteiger partial charge is 0.264 e. The second kappa shape index (κ2) is 13.4. The lowest BCUT2D eigenvalue weighted by atomic mass is 10.1. The Morgan fingerprint density at radius 3 is 1.95 bits per heavy atom. The van der Waals surface area contributed by atoms with Crippen molar-refractivity contribution in [2.75, 3.05) is 25.1 Å². The van der Waals surface area contributed by atoms with Crippen LogP contribution in [0.2, 0.25) is 0 Å². The number of amides is 2. The summed E-state index contributed by atoms with van der Waals surface area (Å²) in [7, 11) is -1.66. The van der Waals surface area contributed by atoms with Gasteiger partial charge in [0.1, 0.15) is 24.2 Å². The summed E-state index contributed by atoms with van der Waals surface area (Å²) in [5, 5.41) is 2.75. The Bertz CT molecular complexity index is 1460. The summed E-state index contributed by atoms with van der Waals surface area (Å²) in [6.45, 7) is 4.23. The standard InChI is InChI=1S/C29H33F2N3O6S/c1-19(2)32-29(36)20(3)33(17-21-6-8-22(30)9-7-21)28(35)18-34(24-12-10-23(31)11-13-24)41(37,38)25-14-15-26(39-4)27(16-25)40-5/h6-16,19-20H,17-18H2,1-5H3,(H,32,36)/t20-/m1/s1. The van der Waals surface area contributed by atoms with Crippen LogP contribution in [0.15, 0.2) is 71.6 Å². The van der Waals surface area contributed by atoms with E-state index in [9.17, 15) is 26.8 Å². The van der Waals surface area contributed by atoms with Gasteiger partial charge in [-0.1, -0.05) is 12.1 Å². The van der Waals surface area contributed by atoms with Crippen molar-refractivity contribution in [1.82, 2.24) is 10.2 Å². The molecule has 3 aromatic rings. The Morgan fingerprint density at radius 2 is 1.41 bits per heavy atom. The fourth-order valence-electron chi connectivity index (χ4n) is 4.01. The van der Waals surface area contributed by atoms with Gasteiger partial charge >= 0.3 is 0 Å². The summed E-state index contributed by atoms with van der Waals surface area (Å²) in [5.74, 6) is -1.79. The van der Waals surface area contributed by atoms with E-state index >= 15 is 0 Å². The molecule has 0 spiro atoms. The lowest BCUT2D eigenvalue weighted by Gasteiger charge is -2.32. The molecular weight excluding hydrogens is 556 g/mol. The minimum Gasteiger partial charge on any atom is -0.493 e. The van der Waals surface area contributed by atoms with E-state index in [0.29, 0.717) is 11.3 Å². The van der Waals surface area contributed by atoms with Crippen molar-refractivity contribution in [2.45, 2.75) is 44.3 Å². The van der Waals surface area contributed by atoms with E-state index < -0.39 is 46.1 Å². The van der Waals surface area contributed by atoms with Crippen molar-refractivity contribution in [2.24, 2.45) is 0 Å². The molecule has 2 amide bonds. The maximum Gasteiger partial charge on any atom is 0.264 e. The first-order valence-corrected chi connectivity index (χ1v) is 14.2. The average Bonchev–Trinajstić information content (AvgIpc) is 2.94. The van der Waals surface area contributed by atoms with Crippen molar-refractivity contribution in [1.29, 1.82) is 0 Å². The number of benzene rings is 3. The van der Waals surface area contributed by atoms with Gasteiger partial charge in [-0.25, -0.2) is 17.2 Å². The van der Waals surface area contributed by atoms with Crippen LogP contribution >= 0.6 is 0 Å². The first kappa shape index (κ1) is 31.3. The van der Waals surface area contributed by atoms with Gasteiger partial charge in [0, 0.05) is 18.7 Å². The Labute approximate surface area is 238 Å². The third-order valence-corrected chi connectivity index (χ3v) is 7.97. The number of nitrogens with zero attached hydrogens (tertiary/aromatic N) is 2. The molecule has 220 valence electrons. The van der Waals surface area contributed by atoms with Gasteiger partial charge in [-0.05, 0) is 74.9 Å². The number of rotatable bonds is 12. The van der Waals surface area contributed by atoms with Crippen molar-refractivity contribution in [3.8, 4) is 11.5 Å². The number of anilines is 1. The van der Waals surface area contributed by atoms with Crippen LogP contribution in [-0.4, -0.2) is 58.0 Å². The summed E-state index contributed by atoms with van der Waals surface area (Å²) >= 11 is 0. The molecule has 0 fully saturated rings. The molecule has 0 aliphatic carbocycles. The molecule has 0 heterocycles. The van der Waals surface area contributed by atoms with E-state index in [2.05, 4.69) is 5.32 Å². The van der Waals surface area contributed by atoms with E-state index in [1.807, 2.05) is 0 Å². The van der Waals surface area contributed by atoms with Crippen LogP contribution in [0.25, 0.3) is 0 Å². The SMILES string of the molecule is COc1ccc(S(=O)(=O)N(CC(=O)N(Cc2ccc(F)cc2)[C@H](C)C(=O)NC(C)C)c2ccc(F)cc2)cc1OC. The summed E-state index contributed by atoms with van der Waals surface area (Å²) in [4.78, 5) is 27.8. The molecule has 0 aliphatic rings. The lowest BCUT2D eigenvalue weighted by Crippen LogP contribution is -2.52. The number of sulfonamides is 1. The first-order chi connectivity index (χ1) is 19.4. The molecule has 1 atom stereocenters. The molecule has 0 saturated heterocycles. The fraction of sp³-hybridized carbons (Fsp3) is 0.310. The Balaban J connectivity index is 2.06. The van der Waals surface area contributed by atoms with Crippen molar-refractivity contribution in [3.63, 3.8) is 0 Å². The van der Waals surface area contributed by atoms with Gasteiger partial charge in [-0.3, -0.25) is 13.9 Å². The minimum atomic E-state index is -4.42. The molecule has 3 rings (SSSR count). The molecule has 0 bridgehead atoms. The molecule has 41 heavy (non-hydrogen) atoms. The van der Waals surface area contributed by atoms with Gasteiger partial charge in [0.05, 0.1) is 24.8 Å². The molecular formula is C29H33F2N3O6S. The van der Waals surface area contributed by atoms with Gasteiger partial charge in [0.15, 0.2) is 11.5 Å². The number of hydrogen-bond acceptors (Lipinski definition) is 6. The Hall–Kier alpha value is -4.19. The zero-order chi connectivity index (χ0) is 30.3. The van der Waals surface area contributed by atoms with Crippen LogP contribution in [0.3, 0.4) is 0 Å². The monoisotopic (exact) mass is 589 g/mol. The summed E-state index contributed by atoms with van der Waals surface area (Å²) in [5.41, 5.74) is 0.551. The fourth-order valence-corrected chi connectivity index (χ4v) is 5.44. The highest BCUT2D eigenvalue weighted by atomic mass is 32.2. The van der Waals surface area contributed by atoms with E-state index in [0.717, 1.165) is 16.4 Å². The highest BCUT2D eigenvalue weighted by molar-refractivity contribution is 7.92. The van der Waals surface area contributed by atoms with E-state index in [-0.39, 0.29) is 28.9 Å². The molecule has 3 aromatic carbocycles. The number of halogens is 2. The maximum absolute atomic E-state index is 13.9. The van der Waals surface area contributed by atoms with E-state index in [4.69, 9.17) is 9.47 Å². The van der Waals surface area contributed by atoms with Gasteiger partial charge in [0.25, 0.3) is 10.0 Å². The second-order valence-electron chi connectivity index (χ2n) is 9.49. The zero-order valence-corrected chi connectivity index (χ0v) is 24.2. The molecule has 0 aliphatic heterocycles. The molecule has 9 nitrogen and oxygen atoms in total. The molecule has 12 heteroatoms. The molecule has 0 radical (unpaired) electrons. The minimum absolute atomic E-state index is 0.0237. The predicted octanol–water partition coefficient (Wildman–Crippen LogP) is 4.12. The van der Waals surface area contributed by atoms with E-state index in [1.54, 1.807) is 13.8 Å². The van der Waals surface area contributed by atoms with Crippen LogP contribution in [0.5, 0.6) is 11.5 Å². The molecule has 0 unspecified atom stereocenters. The maximum atomic E-state index is 13.9. The average molecular weight is 590 g/mol. The largest absolute Gasteiger partial charge is 0.493 e. The van der Waals surface area contributed by atoms with Gasteiger partial charge in [-0.2, -0.15) is 0 Å². The lowest BCUT2D eigenvalue weighted by molar-refractivity contribution is -0.139. The summed E-state index contributed by atoms with van der Waals surface area (Å²) in [6.07, 6.45) is 0. The Morgan fingerprint density at radius 1 is 0.854 bits per heavy atom. The van der Waals surface area contributed by atoms with Crippen LogP contribution in [-0.2, 0) is 26.2 Å². The van der Waals surface area contributed by atoms with E-state index in [1.165, 1.54) is 80.6 Å². The highest BCUT2D eigenvalue weighted by Crippen LogP contribution is 2.32. The quantitative estimate of drug-likeness (QED) is 0.341. The molecule has 0 aromatic heterocycles. The summed E-state index contributed by atoms with van der Waals surface area (Å²) in [6, 6.07) is 12.8. The molecule has 1 N–H and O–H groups in total. The van der Waals surface area contributed by atoms with Crippen molar-refractivity contribution in [3.05, 3.63) is 83.9 Å². The first-order valence-electron chi connectivity index (χ1n) is 12.7. The van der Waals surface area contributed by atoms with Crippen molar-refractivity contribution < 1.29 is 36.3 Å². The van der Waals surface area contributed by atoms with Crippen LogP contribution < -0.4 is 19.1 Å². The highest BCUT2D eigenvalue weighted by Gasteiger charge is 2.33. The normalized spacial score (nSPS) is 12.0. The van der Waals surface area contributed by atoms with Crippen LogP contribution in [0, 0.1) is 11.6 Å². The zero-order valence-electron chi connectivity index (χ0n) is 23.4. The number of carbonyl (C=O) groups is 2. The number of nitrogens with one attached hydrogen (secondary N) is 1. The van der Waals surface area contributed by atoms with Crippen molar-refractivity contribution >= 4 is 27.5 Å². The number of hydrogen-bond donors (Lipinski definition) is 1. The van der Waals surface area contributed by atoms with Crippen LogP contribution in [0.4, 0.5) is 14.5 Å². The van der Waals surface area contributed by atoms with Gasteiger partial charge in [0.2, 0.25) is 11.8 Å². The number of methoxy groups -OCH3 is 2. The topological polar surface area (TPSA) is 105 Å². The van der Waals surface area contributed by atoms with Gasteiger partial charge < -0.3 is 19.7 Å². The predicted molar refractivity (Wildman–Crippen MR) is 150 cm³/mol. The third-order valence-electron chi connectivity index (χ3n) is 6.20. The number of carbonyl (C=O) groups excluding carboxylic acids is 2. The number of ether oxygens (including phenoxy) is 2. The summed E-state index contributed by atoms with van der Waals surface area (Å²) < 4.78 is 66.5.